The van der Waals surface area contributed by atoms with Crippen molar-refractivity contribution in [2.75, 3.05) is 0 Å². The second-order valence-electron chi connectivity index (χ2n) is 6.70. The summed E-state index contributed by atoms with van der Waals surface area (Å²) < 4.78 is 5.64. The van der Waals surface area contributed by atoms with Gasteiger partial charge in [-0.1, -0.05) is 27.2 Å². The van der Waals surface area contributed by atoms with E-state index in [0.717, 1.165) is 25.0 Å². The maximum atomic E-state index is 11.9. The lowest BCUT2D eigenvalue weighted by atomic mass is 9.94. The molecule has 0 spiro atoms. The molecule has 21 heavy (non-hydrogen) atoms. The van der Waals surface area contributed by atoms with Crippen LogP contribution in [0.15, 0.2) is 10.6 Å². The molecule has 0 radical (unpaired) electrons. The van der Waals surface area contributed by atoms with Gasteiger partial charge in [-0.3, -0.25) is 4.79 Å². The molecule has 3 N–H and O–H groups in total. The Kier molecular flexibility index (Phi) is 6.23. The maximum absolute atomic E-state index is 11.9. The van der Waals surface area contributed by atoms with Crippen LogP contribution in [0.5, 0.6) is 0 Å². The zero-order valence-corrected chi connectivity index (χ0v) is 13.8. The van der Waals surface area contributed by atoms with Gasteiger partial charge in [-0.2, -0.15) is 0 Å². The van der Waals surface area contributed by atoms with Crippen LogP contribution in [0.1, 0.15) is 58.1 Å². The molecule has 1 aliphatic carbocycles. The number of carbonyl (C=O) groups is 1. The third-order valence-electron chi connectivity index (χ3n) is 3.90. The Labute approximate surface area is 132 Å². The summed E-state index contributed by atoms with van der Waals surface area (Å²) in [6.07, 6.45) is 5.46. The summed E-state index contributed by atoms with van der Waals surface area (Å²) in [4.78, 5) is 16.1. The summed E-state index contributed by atoms with van der Waals surface area (Å²) in [5.74, 6) is 1.74. The first-order chi connectivity index (χ1) is 9.36. The zero-order chi connectivity index (χ0) is 14.8. The molecule has 0 aliphatic heterocycles. The first kappa shape index (κ1) is 18.0. The van der Waals surface area contributed by atoms with Crippen LogP contribution in [-0.4, -0.2) is 16.9 Å². The van der Waals surface area contributed by atoms with E-state index in [2.05, 4.69) is 31.1 Å². The second-order valence-corrected chi connectivity index (χ2v) is 6.70. The molecule has 120 valence electrons. The van der Waals surface area contributed by atoms with E-state index < -0.39 is 0 Å². The molecule has 6 heteroatoms. The quantitative estimate of drug-likeness (QED) is 0.894. The number of amides is 1. The van der Waals surface area contributed by atoms with E-state index in [1.54, 1.807) is 6.20 Å². The maximum Gasteiger partial charge on any atom is 0.220 e. The Bertz CT molecular complexity index is 468. The number of nitrogens with zero attached hydrogens (tertiary/aromatic N) is 1. The van der Waals surface area contributed by atoms with Crippen LogP contribution >= 0.6 is 12.4 Å². The van der Waals surface area contributed by atoms with Crippen molar-refractivity contribution in [1.82, 2.24) is 10.3 Å². The fourth-order valence-electron chi connectivity index (χ4n) is 2.54. The molecule has 0 unspecified atom stereocenters. The third kappa shape index (κ3) is 5.00. The fraction of sp³-hybridized carbons (Fsp3) is 0.733. The molecule has 2 rings (SSSR count). The highest BCUT2D eigenvalue weighted by Crippen LogP contribution is 2.26. The van der Waals surface area contributed by atoms with E-state index in [0.29, 0.717) is 24.8 Å². The number of hydrogen-bond donors (Lipinski definition) is 2. The van der Waals surface area contributed by atoms with Crippen LogP contribution in [0.25, 0.3) is 0 Å². The lowest BCUT2D eigenvalue weighted by Gasteiger charge is -2.14. The number of carbonyl (C=O) groups excluding carboxylic acids is 1. The van der Waals surface area contributed by atoms with Crippen LogP contribution < -0.4 is 11.1 Å². The lowest BCUT2D eigenvalue weighted by Crippen LogP contribution is -2.31. The highest BCUT2D eigenvalue weighted by Gasteiger charge is 2.26. The number of halogens is 1. The molecule has 5 nitrogen and oxygen atoms in total. The minimum absolute atomic E-state index is 0. The van der Waals surface area contributed by atoms with Gasteiger partial charge in [-0.25, -0.2) is 4.98 Å². The first-order valence-corrected chi connectivity index (χ1v) is 7.33. The number of nitrogens with two attached hydrogens (primary N) is 1. The largest absolute Gasteiger partial charge is 0.443 e. The van der Waals surface area contributed by atoms with Crippen LogP contribution in [0, 0.1) is 5.92 Å². The average Bonchev–Trinajstić information content (AvgIpc) is 2.96. The SMILES string of the molecule is CC(C)(C)c1cnc(CNC(=O)C[C@@H]2CCC[C@H]2N)o1.Cl. The summed E-state index contributed by atoms with van der Waals surface area (Å²) in [6.45, 7) is 6.54. The predicted octanol–water partition coefficient (Wildman–Crippen LogP) is 2.53. The Balaban J connectivity index is 0.00000220. The van der Waals surface area contributed by atoms with E-state index in [1.807, 2.05) is 0 Å². The molecule has 1 fully saturated rings. The number of oxazole rings is 1. The molecule has 1 aromatic rings. The Morgan fingerprint density at radius 1 is 1.48 bits per heavy atom. The van der Waals surface area contributed by atoms with Gasteiger partial charge in [-0.05, 0) is 18.8 Å². The van der Waals surface area contributed by atoms with Crippen molar-refractivity contribution in [3.8, 4) is 0 Å². The predicted molar refractivity (Wildman–Crippen MR) is 84.2 cm³/mol. The van der Waals surface area contributed by atoms with Gasteiger partial charge in [-0.15, -0.1) is 12.4 Å². The summed E-state index contributed by atoms with van der Waals surface area (Å²) in [5, 5.41) is 2.86. The van der Waals surface area contributed by atoms with Gasteiger partial charge in [0.15, 0.2) is 0 Å². The van der Waals surface area contributed by atoms with Crippen molar-refractivity contribution in [2.45, 2.75) is 64.5 Å². The first-order valence-electron chi connectivity index (χ1n) is 7.33. The Morgan fingerprint density at radius 3 is 2.71 bits per heavy atom. The van der Waals surface area contributed by atoms with Crippen LogP contribution in [0.3, 0.4) is 0 Å². The molecular weight excluding hydrogens is 290 g/mol. The molecule has 1 heterocycles. The van der Waals surface area contributed by atoms with Crippen molar-refractivity contribution in [3.05, 3.63) is 17.8 Å². The van der Waals surface area contributed by atoms with Gasteiger partial charge in [0.1, 0.15) is 5.76 Å². The summed E-state index contributed by atoms with van der Waals surface area (Å²) in [7, 11) is 0. The lowest BCUT2D eigenvalue weighted by molar-refractivity contribution is -0.122. The van der Waals surface area contributed by atoms with Gasteiger partial charge in [0.05, 0.1) is 12.7 Å². The van der Waals surface area contributed by atoms with Crippen molar-refractivity contribution in [1.29, 1.82) is 0 Å². The van der Waals surface area contributed by atoms with E-state index in [-0.39, 0.29) is 29.8 Å². The third-order valence-corrected chi connectivity index (χ3v) is 3.90. The monoisotopic (exact) mass is 315 g/mol. The summed E-state index contributed by atoms with van der Waals surface area (Å²) in [6, 6.07) is 0.176. The number of nitrogens with one attached hydrogen (secondary N) is 1. The highest BCUT2D eigenvalue weighted by molar-refractivity contribution is 5.85. The number of rotatable bonds is 4. The van der Waals surface area contributed by atoms with Gasteiger partial charge < -0.3 is 15.5 Å². The Hall–Kier alpha value is -1.07. The summed E-state index contributed by atoms with van der Waals surface area (Å²) >= 11 is 0. The van der Waals surface area contributed by atoms with Crippen LogP contribution in [0.4, 0.5) is 0 Å². The second kappa shape index (κ2) is 7.27. The van der Waals surface area contributed by atoms with E-state index in [9.17, 15) is 4.79 Å². The minimum atomic E-state index is -0.0636. The molecule has 1 saturated carbocycles. The van der Waals surface area contributed by atoms with Crippen molar-refractivity contribution in [3.63, 3.8) is 0 Å². The van der Waals surface area contributed by atoms with E-state index >= 15 is 0 Å². The van der Waals surface area contributed by atoms with Crippen molar-refractivity contribution < 1.29 is 9.21 Å². The molecule has 0 saturated heterocycles. The topological polar surface area (TPSA) is 81.2 Å². The normalized spacial score (nSPS) is 21.9. The molecule has 1 aliphatic rings. The molecule has 2 atom stereocenters. The van der Waals surface area contributed by atoms with E-state index in [1.165, 1.54) is 0 Å². The van der Waals surface area contributed by atoms with Gasteiger partial charge in [0.2, 0.25) is 11.8 Å². The standard InChI is InChI=1S/C15H25N3O2.ClH/c1-15(2,3)12-8-18-14(20-12)9-17-13(19)7-10-5-4-6-11(10)16;/h8,10-11H,4-7,9,16H2,1-3H3,(H,17,19);1H/t10-,11+;/m0./s1. The van der Waals surface area contributed by atoms with Crippen molar-refractivity contribution >= 4 is 18.3 Å². The van der Waals surface area contributed by atoms with Gasteiger partial charge in [0.25, 0.3) is 0 Å². The highest BCUT2D eigenvalue weighted by atomic mass is 35.5. The van der Waals surface area contributed by atoms with Gasteiger partial charge >= 0.3 is 0 Å². The molecule has 1 amide bonds. The van der Waals surface area contributed by atoms with E-state index in [4.69, 9.17) is 10.2 Å². The van der Waals surface area contributed by atoms with Gasteiger partial charge in [0, 0.05) is 17.9 Å². The Morgan fingerprint density at radius 2 is 2.19 bits per heavy atom. The average molecular weight is 316 g/mol. The minimum Gasteiger partial charge on any atom is -0.443 e. The van der Waals surface area contributed by atoms with Crippen molar-refractivity contribution in [2.24, 2.45) is 11.7 Å². The molecular formula is C15H26ClN3O2. The van der Waals surface area contributed by atoms with Crippen LogP contribution in [0.2, 0.25) is 0 Å². The fourth-order valence-corrected chi connectivity index (χ4v) is 2.54. The molecule has 1 aromatic heterocycles. The zero-order valence-electron chi connectivity index (χ0n) is 13.0. The molecule has 0 bridgehead atoms. The molecule has 0 aromatic carbocycles. The summed E-state index contributed by atoms with van der Waals surface area (Å²) in [5.41, 5.74) is 5.91. The number of aromatic nitrogens is 1. The van der Waals surface area contributed by atoms with Crippen LogP contribution in [-0.2, 0) is 16.8 Å². The smallest absolute Gasteiger partial charge is 0.220 e. The number of hydrogen-bond acceptors (Lipinski definition) is 4.